The van der Waals surface area contributed by atoms with Crippen molar-refractivity contribution in [1.29, 1.82) is 0 Å². The van der Waals surface area contributed by atoms with E-state index >= 15 is 0 Å². The Balaban J connectivity index is 1.51. The van der Waals surface area contributed by atoms with Gasteiger partial charge in [-0.25, -0.2) is 9.37 Å². The maximum Gasteiger partial charge on any atom is 0.274 e. The van der Waals surface area contributed by atoms with Gasteiger partial charge in [0.25, 0.3) is 5.91 Å². The topological polar surface area (TPSA) is 83.7 Å². The van der Waals surface area contributed by atoms with Crippen molar-refractivity contribution in [1.82, 2.24) is 9.38 Å². The highest BCUT2D eigenvalue weighted by Crippen LogP contribution is 2.33. The number of benzene rings is 1. The normalized spacial score (nSPS) is 19.0. The van der Waals surface area contributed by atoms with Crippen LogP contribution in [0.15, 0.2) is 48.8 Å². The van der Waals surface area contributed by atoms with Crippen molar-refractivity contribution in [2.24, 2.45) is 11.8 Å². The smallest absolute Gasteiger partial charge is 0.274 e. The van der Waals surface area contributed by atoms with Crippen LogP contribution in [0.2, 0.25) is 0 Å². The van der Waals surface area contributed by atoms with E-state index in [2.05, 4.69) is 10.3 Å². The van der Waals surface area contributed by atoms with Crippen molar-refractivity contribution in [3.05, 3.63) is 65.9 Å². The van der Waals surface area contributed by atoms with Gasteiger partial charge < -0.3 is 10.4 Å². The number of halogens is 1. The van der Waals surface area contributed by atoms with Gasteiger partial charge in [0.1, 0.15) is 17.2 Å². The highest BCUT2D eigenvalue weighted by atomic mass is 19.1. The van der Waals surface area contributed by atoms with E-state index in [1.165, 1.54) is 24.4 Å². The zero-order chi connectivity index (χ0) is 21.1. The van der Waals surface area contributed by atoms with E-state index in [-0.39, 0.29) is 35.6 Å². The predicted octanol–water partition coefficient (Wildman–Crippen LogP) is 4.10. The summed E-state index contributed by atoms with van der Waals surface area (Å²) in [5.74, 6) is -0.954. The molecular weight excluding hydrogens is 385 g/mol. The average molecular weight is 409 g/mol. The fourth-order valence-electron chi connectivity index (χ4n) is 4.23. The van der Waals surface area contributed by atoms with Crippen LogP contribution >= 0.6 is 0 Å². The van der Waals surface area contributed by atoms with Crippen LogP contribution in [0.3, 0.4) is 0 Å². The van der Waals surface area contributed by atoms with Gasteiger partial charge in [-0.05, 0) is 55.0 Å². The summed E-state index contributed by atoms with van der Waals surface area (Å²) in [6.45, 7) is 0.0853. The molecule has 2 aromatic heterocycles. The van der Waals surface area contributed by atoms with E-state index in [9.17, 15) is 19.1 Å². The Kier molecular flexibility index (Phi) is 5.90. The molecule has 4 rings (SSSR count). The van der Waals surface area contributed by atoms with Gasteiger partial charge in [0, 0.05) is 24.8 Å². The van der Waals surface area contributed by atoms with E-state index < -0.39 is 11.7 Å². The van der Waals surface area contributed by atoms with Gasteiger partial charge in [-0.3, -0.25) is 14.0 Å². The summed E-state index contributed by atoms with van der Waals surface area (Å²) in [7, 11) is 0. The molecule has 1 aromatic carbocycles. The number of rotatable bonds is 6. The van der Waals surface area contributed by atoms with Crippen LogP contribution in [-0.4, -0.2) is 32.8 Å². The number of carbonyl (C=O) groups excluding carboxylic acids is 2. The van der Waals surface area contributed by atoms with Gasteiger partial charge in [-0.1, -0.05) is 18.9 Å². The number of hydrogen-bond donors (Lipinski definition) is 2. The molecule has 1 aliphatic carbocycles. The second kappa shape index (κ2) is 8.75. The summed E-state index contributed by atoms with van der Waals surface area (Å²) in [5.41, 5.74) is 1.19. The Hall–Kier alpha value is -3.06. The van der Waals surface area contributed by atoms with E-state index in [0.717, 1.165) is 25.7 Å². The molecule has 2 N–H and O–H groups in total. The third-order valence-corrected chi connectivity index (χ3v) is 5.93. The molecule has 0 radical (unpaired) electrons. The number of hydrogen-bond acceptors (Lipinski definition) is 4. The second-order valence-electron chi connectivity index (χ2n) is 7.84. The van der Waals surface area contributed by atoms with Crippen LogP contribution < -0.4 is 5.32 Å². The molecule has 0 aliphatic heterocycles. The average Bonchev–Trinajstić information content (AvgIpc) is 3.20. The van der Waals surface area contributed by atoms with Crippen molar-refractivity contribution in [3.8, 4) is 0 Å². The first-order chi connectivity index (χ1) is 14.6. The number of aliphatic hydroxyl groups is 1. The third kappa shape index (κ3) is 4.11. The van der Waals surface area contributed by atoms with Gasteiger partial charge in [0.2, 0.25) is 0 Å². The number of aliphatic hydroxyl groups excluding tert-OH is 1. The minimum Gasteiger partial charge on any atom is -0.396 e. The number of carbonyl (C=O) groups is 2. The summed E-state index contributed by atoms with van der Waals surface area (Å²) in [4.78, 5) is 29.6. The van der Waals surface area contributed by atoms with Crippen molar-refractivity contribution in [3.63, 3.8) is 0 Å². The zero-order valence-corrected chi connectivity index (χ0v) is 16.6. The number of fused-ring (bicyclic) bond motifs is 1. The molecule has 1 fully saturated rings. The molecule has 1 amide bonds. The van der Waals surface area contributed by atoms with Crippen LogP contribution in [0.4, 0.5) is 10.1 Å². The van der Waals surface area contributed by atoms with E-state index in [1.54, 1.807) is 22.7 Å². The molecule has 0 unspecified atom stereocenters. The number of amides is 1. The lowest BCUT2D eigenvalue weighted by Crippen LogP contribution is -2.25. The number of Topliss-reactive ketones (excluding diaryl/α,β-unsaturated/α-hetero) is 1. The number of imidazole rings is 1. The summed E-state index contributed by atoms with van der Waals surface area (Å²) in [5, 5.41) is 12.1. The highest BCUT2D eigenvalue weighted by molar-refractivity contribution is 6.04. The molecule has 0 spiro atoms. The molecule has 30 heavy (non-hydrogen) atoms. The molecule has 156 valence electrons. The fraction of sp³-hybridized carbons (Fsp3) is 0.348. The van der Waals surface area contributed by atoms with Crippen molar-refractivity contribution < 1.29 is 19.1 Å². The van der Waals surface area contributed by atoms with Gasteiger partial charge in [0.15, 0.2) is 5.78 Å². The summed E-state index contributed by atoms with van der Waals surface area (Å²) < 4.78 is 16.0. The van der Waals surface area contributed by atoms with Crippen molar-refractivity contribution in [2.75, 3.05) is 11.9 Å². The number of aromatic nitrogens is 2. The molecule has 7 heteroatoms. The summed E-state index contributed by atoms with van der Waals surface area (Å²) in [6.07, 6.45) is 7.42. The molecule has 0 bridgehead atoms. The summed E-state index contributed by atoms with van der Waals surface area (Å²) >= 11 is 0. The highest BCUT2D eigenvalue weighted by Gasteiger charge is 2.27. The third-order valence-electron chi connectivity index (χ3n) is 5.93. The summed E-state index contributed by atoms with van der Waals surface area (Å²) in [6, 6.07) is 9.37. The molecule has 6 nitrogen and oxygen atoms in total. The Morgan fingerprint density at radius 1 is 1.17 bits per heavy atom. The molecule has 3 aromatic rings. The number of nitrogens with one attached hydrogen (secondary N) is 1. The SMILES string of the molecule is O=C(C[C@H]1CCCC[C@H]1CO)c1ccc(F)c(NC(=O)c2cnc3ccccn23)c1. The van der Waals surface area contributed by atoms with Gasteiger partial charge >= 0.3 is 0 Å². The van der Waals surface area contributed by atoms with Crippen LogP contribution in [0.1, 0.15) is 53.0 Å². The van der Waals surface area contributed by atoms with Crippen LogP contribution in [0.5, 0.6) is 0 Å². The van der Waals surface area contributed by atoms with Crippen molar-refractivity contribution >= 4 is 23.0 Å². The fourth-order valence-corrected chi connectivity index (χ4v) is 4.23. The quantitative estimate of drug-likeness (QED) is 0.601. The number of pyridine rings is 1. The molecular formula is C23H24FN3O3. The Morgan fingerprint density at radius 3 is 2.77 bits per heavy atom. The lowest BCUT2D eigenvalue weighted by molar-refractivity contribution is 0.0863. The monoisotopic (exact) mass is 409 g/mol. The molecule has 1 saturated carbocycles. The first kappa shape index (κ1) is 20.2. The second-order valence-corrected chi connectivity index (χ2v) is 7.84. The Bertz CT molecular complexity index is 1080. The van der Waals surface area contributed by atoms with Gasteiger partial charge in [-0.2, -0.15) is 0 Å². The zero-order valence-electron chi connectivity index (χ0n) is 16.6. The maximum absolute atomic E-state index is 14.3. The number of ketones is 1. The van der Waals surface area contributed by atoms with Gasteiger partial charge in [0.05, 0.1) is 11.9 Å². The van der Waals surface area contributed by atoms with Crippen LogP contribution in [0.25, 0.3) is 5.65 Å². The first-order valence-corrected chi connectivity index (χ1v) is 10.2. The lowest BCUT2D eigenvalue weighted by atomic mass is 9.76. The number of nitrogens with zero attached hydrogens (tertiary/aromatic N) is 2. The van der Waals surface area contributed by atoms with Gasteiger partial charge in [-0.15, -0.1) is 0 Å². The van der Waals surface area contributed by atoms with Crippen LogP contribution in [-0.2, 0) is 0 Å². The first-order valence-electron chi connectivity index (χ1n) is 10.2. The van der Waals surface area contributed by atoms with E-state index in [4.69, 9.17) is 0 Å². The lowest BCUT2D eigenvalue weighted by Gasteiger charge is -2.29. The minimum atomic E-state index is -0.611. The largest absolute Gasteiger partial charge is 0.396 e. The molecule has 0 saturated heterocycles. The number of anilines is 1. The Labute approximate surface area is 173 Å². The van der Waals surface area contributed by atoms with E-state index in [0.29, 0.717) is 17.6 Å². The standard InChI is InChI=1S/C23H24FN3O3/c24-18-9-8-16(21(29)12-15-5-1-2-6-17(15)14-28)11-19(18)26-23(30)20-13-25-22-7-3-4-10-27(20)22/h3-4,7-11,13,15,17,28H,1-2,5-6,12,14H2,(H,26,30)/t15-,17+/m1/s1. The Morgan fingerprint density at radius 2 is 1.97 bits per heavy atom. The maximum atomic E-state index is 14.3. The van der Waals surface area contributed by atoms with Crippen LogP contribution in [0, 0.1) is 17.7 Å². The molecule has 2 heterocycles. The van der Waals surface area contributed by atoms with Crippen molar-refractivity contribution in [2.45, 2.75) is 32.1 Å². The molecule has 1 aliphatic rings. The molecule has 2 atom stereocenters. The minimum absolute atomic E-state index is 0.0425. The predicted molar refractivity (Wildman–Crippen MR) is 111 cm³/mol. The van der Waals surface area contributed by atoms with E-state index in [1.807, 2.05) is 6.07 Å².